The first-order chi connectivity index (χ1) is 10.3. The fourth-order valence-corrected chi connectivity index (χ4v) is 2.70. The van der Waals surface area contributed by atoms with Crippen LogP contribution in [0, 0.1) is 0 Å². The molecule has 4 nitrogen and oxygen atoms in total. The summed E-state index contributed by atoms with van der Waals surface area (Å²) in [7, 11) is 1.60. The summed E-state index contributed by atoms with van der Waals surface area (Å²) in [5.74, 6) is 0.464. The normalized spacial score (nSPS) is 10.7. The van der Waals surface area contributed by atoms with Crippen molar-refractivity contribution in [2.45, 2.75) is 13.0 Å². The Morgan fingerprint density at radius 3 is 3.00 bits per heavy atom. The van der Waals surface area contributed by atoms with Crippen molar-refractivity contribution in [3.8, 4) is 5.75 Å². The van der Waals surface area contributed by atoms with Gasteiger partial charge in [-0.25, -0.2) is 0 Å². The highest BCUT2D eigenvalue weighted by Crippen LogP contribution is 2.26. The molecule has 0 radical (unpaired) electrons. The molecule has 0 saturated heterocycles. The number of ether oxygens (including phenoxy) is 2. The molecule has 0 N–H and O–H groups in total. The van der Waals surface area contributed by atoms with E-state index in [1.807, 2.05) is 29.6 Å². The molecule has 2 aromatic heterocycles. The van der Waals surface area contributed by atoms with Crippen LogP contribution in [0.4, 0.5) is 0 Å². The number of thiophene rings is 1. The number of methoxy groups -OCH3 is 1. The Kier molecular flexibility index (Phi) is 3.92. The van der Waals surface area contributed by atoms with E-state index in [4.69, 9.17) is 13.9 Å². The largest absolute Gasteiger partial charge is 0.497 e. The summed E-state index contributed by atoms with van der Waals surface area (Å²) in [6.07, 6.45) is 1.79. The van der Waals surface area contributed by atoms with Crippen LogP contribution in [-0.2, 0) is 22.6 Å². The number of benzene rings is 1. The van der Waals surface area contributed by atoms with Gasteiger partial charge in [0.05, 0.1) is 19.8 Å². The Morgan fingerprint density at radius 2 is 2.24 bits per heavy atom. The molecule has 108 valence electrons. The highest BCUT2D eigenvalue weighted by Gasteiger charge is 2.12. The third kappa shape index (κ3) is 3.08. The van der Waals surface area contributed by atoms with Gasteiger partial charge in [-0.1, -0.05) is 6.07 Å². The molecule has 0 amide bonds. The van der Waals surface area contributed by atoms with Crippen molar-refractivity contribution in [3.05, 3.63) is 52.4 Å². The highest BCUT2D eigenvalue weighted by molar-refractivity contribution is 7.09. The topological polar surface area (TPSA) is 48.7 Å². The van der Waals surface area contributed by atoms with Crippen molar-refractivity contribution in [1.82, 2.24) is 0 Å². The monoisotopic (exact) mass is 302 g/mol. The van der Waals surface area contributed by atoms with Crippen LogP contribution in [0.1, 0.15) is 10.4 Å². The molecule has 0 unspecified atom stereocenters. The van der Waals surface area contributed by atoms with E-state index in [2.05, 4.69) is 0 Å². The van der Waals surface area contributed by atoms with Crippen molar-refractivity contribution in [1.29, 1.82) is 0 Å². The predicted octanol–water partition coefficient (Wildman–Crippen LogP) is 3.79. The molecule has 3 rings (SSSR count). The predicted molar refractivity (Wildman–Crippen MR) is 80.6 cm³/mol. The summed E-state index contributed by atoms with van der Waals surface area (Å²) in [4.78, 5) is 12.9. The third-order valence-electron chi connectivity index (χ3n) is 3.15. The molecule has 0 bridgehead atoms. The number of rotatable bonds is 5. The molecular formula is C16H14O4S. The number of hydrogen-bond acceptors (Lipinski definition) is 5. The summed E-state index contributed by atoms with van der Waals surface area (Å²) in [6, 6.07) is 9.41. The van der Waals surface area contributed by atoms with Crippen LogP contribution in [0.2, 0.25) is 0 Å². The van der Waals surface area contributed by atoms with Crippen LogP contribution in [0.15, 0.2) is 46.4 Å². The van der Waals surface area contributed by atoms with Crippen molar-refractivity contribution in [3.63, 3.8) is 0 Å². The van der Waals surface area contributed by atoms with E-state index in [9.17, 15) is 4.79 Å². The highest BCUT2D eigenvalue weighted by atomic mass is 32.1. The minimum Gasteiger partial charge on any atom is -0.497 e. The lowest BCUT2D eigenvalue weighted by molar-refractivity contribution is -0.144. The van der Waals surface area contributed by atoms with Gasteiger partial charge in [0.15, 0.2) is 0 Å². The number of hydrogen-bond donors (Lipinski definition) is 0. The molecule has 21 heavy (non-hydrogen) atoms. The van der Waals surface area contributed by atoms with Gasteiger partial charge >= 0.3 is 5.97 Å². The van der Waals surface area contributed by atoms with Gasteiger partial charge in [0.25, 0.3) is 0 Å². The molecule has 2 heterocycles. The molecule has 0 aliphatic carbocycles. The first-order valence-corrected chi connectivity index (χ1v) is 7.36. The second kappa shape index (κ2) is 6.01. The Balaban J connectivity index is 1.68. The van der Waals surface area contributed by atoms with Gasteiger partial charge < -0.3 is 13.9 Å². The SMILES string of the molecule is COc1ccc2c(CC(=O)OCc3cccs3)coc2c1. The molecule has 0 saturated carbocycles. The van der Waals surface area contributed by atoms with E-state index >= 15 is 0 Å². The van der Waals surface area contributed by atoms with Crippen molar-refractivity contribution in [2.75, 3.05) is 7.11 Å². The van der Waals surface area contributed by atoms with Gasteiger partial charge in [-0.2, -0.15) is 0 Å². The average Bonchev–Trinajstić information content (AvgIpc) is 3.14. The lowest BCUT2D eigenvalue weighted by atomic mass is 10.1. The second-order valence-corrected chi connectivity index (χ2v) is 5.57. The van der Waals surface area contributed by atoms with Crippen LogP contribution in [0.3, 0.4) is 0 Å². The molecule has 3 aromatic rings. The molecule has 0 aliphatic rings. The standard InChI is InChI=1S/C16H14O4S/c1-18-12-4-5-14-11(9-19-15(14)8-12)7-16(17)20-10-13-3-2-6-21-13/h2-6,8-9H,7,10H2,1H3. The Hall–Kier alpha value is -2.27. The Bertz CT molecular complexity index is 743. The molecule has 5 heteroatoms. The quantitative estimate of drug-likeness (QED) is 0.673. The van der Waals surface area contributed by atoms with Crippen LogP contribution in [0.25, 0.3) is 11.0 Å². The smallest absolute Gasteiger partial charge is 0.310 e. The van der Waals surface area contributed by atoms with Gasteiger partial charge in [0, 0.05) is 21.9 Å². The zero-order valence-corrected chi connectivity index (χ0v) is 12.3. The number of carbonyl (C=O) groups is 1. The van der Waals surface area contributed by atoms with Gasteiger partial charge in [-0.15, -0.1) is 11.3 Å². The average molecular weight is 302 g/mol. The second-order valence-electron chi connectivity index (χ2n) is 4.54. The number of esters is 1. The third-order valence-corrected chi connectivity index (χ3v) is 4.00. The number of carbonyl (C=O) groups excluding carboxylic acids is 1. The molecule has 0 atom stereocenters. The summed E-state index contributed by atoms with van der Waals surface area (Å²) in [5.41, 5.74) is 1.53. The maximum atomic E-state index is 11.9. The zero-order valence-electron chi connectivity index (χ0n) is 11.5. The molecule has 0 aliphatic heterocycles. The lowest BCUT2D eigenvalue weighted by Gasteiger charge is -2.02. The van der Waals surface area contributed by atoms with E-state index in [1.165, 1.54) is 0 Å². The van der Waals surface area contributed by atoms with Crippen molar-refractivity contribution in [2.24, 2.45) is 0 Å². The van der Waals surface area contributed by atoms with Gasteiger partial charge in [0.2, 0.25) is 0 Å². The molecule has 0 fully saturated rings. The van der Waals surface area contributed by atoms with Crippen molar-refractivity contribution >= 4 is 28.3 Å². The van der Waals surface area contributed by atoms with Gasteiger partial charge in [0.1, 0.15) is 17.9 Å². The molecular weight excluding hydrogens is 288 g/mol. The summed E-state index contributed by atoms with van der Waals surface area (Å²) < 4.78 is 15.9. The summed E-state index contributed by atoms with van der Waals surface area (Å²) in [6.45, 7) is 0.320. The van der Waals surface area contributed by atoms with Crippen molar-refractivity contribution < 1.29 is 18.7 Å². The maximum Gasteiger partial charge on any atom is 0.310 e. The minimum absolute atomic E-state index is 0.199. The Morgan fingerprint density at radius 1 is 1.33 bits per heavy atom. The molecule has 0 spiro atoms. The van der Waals surface area contributed by atoms with Gasteiger partial charge in [-0.05, 0) is 23.6 Å². The van der Waals surface area contributed by atoms with Crippen LogP contribution in [-0.4, -0.2) is 13.1 Å². The van der Waals surface area contributed by atoms with E-state index in [0.29, 0.717) is 12.2 Å². The minimum atomic E-state index is -0.262. The number of furan rings is 1. The number of fused-ring (bicyclic) bond motifs is 1. The fourth-order valence-electron chi connectivity index (χ4n) is 2.08. The first-order valence-electron chi connectivity index (χ1n) is 6.48. The van der Waals surface area contributed by atoms with Crippen LogP contribution in [0.5, 0.6) is 5.75 Å². The van der Waals surface area contributed by atoms with Crippen LogP contribution >= 0.6 is 11.3 Å². The van der Waals surface area contributed by atoms with E-state index in [-0.39, 0.29) is 12.4 Å². The van der Waals surface area contributed by atoms with E-state index in [0.717, 1.165) is 21.6 Å². The van der Waals surface area contributed by atoms with E-state index in [1.54, 1.807) is 30.8 Å². The molecule has 1 aromatic carbocycles. The lowest BCUT2D eigenvalue weighted by Crippen LogP contribution is -2.07. The maximum absolute atomic E-state index is 11.9. The summed E-state index contributed by atoms with van der Waals surface area (Å²) >= 11 is 1.57. The summed E-state index contributed by atoms with van der Waals surface area (Å²) in [5, 5.41) is 2.86. The van der Waals surface area contributed by atoms with Crippen LogP contribution < -0.4 is 4.74 Å². The Labute approximate surface area is 125 Å². The van der Waals surface area contributed by atoms with E-state index < -0.39 is 0 Å². The first kappa shape index (κ1) is 13.7. The fraction of sp³-hybridized carbons (Fsp3) is 0.188. The van der Waals surface area contributed by atoms with Gasteiger partial charge in [-0.3, -0.25) is 4.79 Å². The zero-order chi connectivity index (χ0) is 14.7.